The number of nitrogens with zero attached hydrogens (tertiary/aromatic N) is 4. The first-order chi connectivity index (χ1) is 14.0. The third kappa shape index (κ3) is 3.45. The van der Waals surface area contributed by atoms with Crippen LogP contribution in [-0.4, -0.2) is 32.5 Å². The number of fused-ring (bicyclic) bond motifs is 1. The molecule has 0 aliphatic heterocycles. The number of carbonyl (C=O) groups is 1. The van der Waals surface area contributed by atoms with Crippen LogP contribution in [0.1, 0.15) is 15.9 Å². The molecule has 146 valence electrons. The van der Waals surface area contributed by atoms with Crippen molar-refractivity contribution in [1.82, 2.24) is 19.4 Å². The van der Waals surface area contributed by atoms with Crippen molar-refractivity contribution in [1.29, 1.82) is 0 Å². The van der Waals surface area contributed by atoms with Gasteiger partial charge in [-0.2, -0.15) is 5.10 Å². The third-order valence-corrected chi connectivity index (χ3v) is 4.63. The van der Waals surface area contributed by atoms with Crippen LogP contribution in [0.4, 0.5) is 0 Å². The lowest BCUT2D eigenvalue weighted by molar-refractivity contribution is 0.100. The Balaban J connectivity index is 1.70. The van der Waals surface area contributed by atoms with E-state index in [1.165, 1.54) is 25.7 Å². The van der Waals surface area contributed by atoms with Gasteiger partial charge in [-0.05, 0) is 37.3 Å². The van der Waals surface area contributed by atoms with Crippen LogP contribution in [0.15, 0.2) is 59.8 Å². The molecule has 29 heavy (non-hydrogen) atoms. The van der Waals surface area contributed by atoms with E-state index in [4.69, 9.17) is 16.3 Å². The predicted molar refractivity (Wildman–Crippen MR) is 110 cm³/mol. The zero-order valence-electron chi connectivity index (χ0n) is 15.6. The van der Waals surface area contributed by atoms with E-state index in [2.05, 4.69) is 15.5 Å². The first-order valence-corrected chi connectivity index (χ1v) is 9.03. The minimum Gasteiger partial charge on any atom is -0.496 e. The maximum Gasteiger partial charge on any atom is 0.283 e. The fourth-order valence-corrected chi connectivity index (χ4v) is 3.07. The van der Waals surface area contributed by atoms with Crippen LogP contribution >= 0.6 is 11.6 Å². The number of carbonyl (C=O) groups excluding carboxylic acids is 1. The van der Waals surface area contributed by atoms with E-state index in [1.807, 2.05) is 31.2 Å². The summed E-state index contributed by atoms with van der Waals surface area (Å²) < 4.78 is 7.76. The highest BCUT2D eigenvalue weighted by Crippen LogP contribution is 2.22. The molecule has 0 unspecified atom stereocenters. The standard InChI is InChI=1S/C20H16ClN5O3/c1-12-3-6-14(7-4-12)26-18-16(10-23-26)20(28)25(11-22-18)24-19(27)15-9-13(21)5-8-17(15)29-2/h3-11H,1-2H3,(H,24,27). The molecule has 2 aromatic carbocycles. The van der Waals surface area contributed by atoms with Gasteiger partial charge in [-0.15, -0.1) is 0 Å². The average Bonchev–Trinajstić information content (AvgIpc) is 3.15. The highest BCUT2D eigenvalue weighted by Gasteiger charge is 2.16. The molecule has 1 N–H and O–H groups in total. The van der Waals surface area contributed by atoms with Crippen LogP contribution in [0.25, 0.3) is 16.7 Å². The summed E-state index contributed by atoms with van der Waals surface area (Å²) in [6, 6.07) is 12.3. The summed E-state index contributed by atoms with van der Waals surface area (Å²) in [4.78, 5) is 29.7. The molecule has 4 rings (SSSR count). The smallest absolute Gasteiger partial charge is 0.283 e. The van der Waals surface area contributed by atoms with Gasteiger partial charge in [0, 0.05) is 5.02 Å². The Kier molecular flexibility index (Phi) is 4.77. The number of aromatic nitrogens is 4. The monoisotopic (exact) mass is 409 g/mol. The van der Waals surface area contributed by atoms with E-state index < -0.39 is 11.5 Å². The van der Waals surface area contributed by atoms with E-state index in [1.54, 1.807) is 16.8 Å². The highest BCUT2D eigenvalue weighted by atomic mass is 35.5. The zero-order valence-corrected chi connectivity index (χ0v) is 16.3. The molecule has 0 spiro atoms. The largest absolute Gasteiger partial charge is 0.496 e. The zero-order chi connectivity index (χ0) is 20.5. The summed E-state index contributed by atoms with van der Waals surface area (Å²) in [6.07, 6.45) is 2.67. The quantitative estimate of drug-likeness (QED) is 0.559. The lowest BCUT2D eigenvalue weighted by atomic mass is 10.2. The molecule has 2 aromatic heterocycles. The highest BCUT2D eigenvalue weighted by molar-refractivity contribution is 6.31. The summed E-state index contributed by atoms with van der Waals surface area (Å²) >= 11 is 5.97. The Hall–Kier alpha value is -3.65. The second-order valence-electron chi connectivity index (χ2n) is 6.33. The summed E-state index contributed by atoms with van der Waals surface area (Å²) in [5, 5.41) is 4.91. The summed E-state index contributed by atoms with van der Waals surface area (Å²) in [6.45, 7) is 1.99. The van der Waals surface area contributed by atoms with Crippen LogP contribution in [0.5, 0.6) is 5.75 Å². The number of ether oxygens (including phenoxy) is 1. The second kappa shape index (κ2) is 7.40. The van der Waals surface area contributed by atoms with Crippen LogP contribution in [-0.2, 0) is 0 Å². The van der Waals surface area contributed by atoms with Crippen molar-refractivity contribution >= 4 is 28.5 Å². The van der Waals surface area contributed by atoms with Crippen molar-refractivity contribution in [3.05, 3.63) is 81.5 Å². The predicted octanol–water partition coefficient (Wildman–Crippen LogP) is 2.94. The number of benzene rings is 2. The van der Waals surface area contributed by atoms with Gasteiger partial charge in [-0.1, -0.05) is 29.3 Å². The van der Waals surface area contributed by atoms with Crippen molar-refractivity contribution in [2.45, 2.75) is 6.92 Å². The van der Waals surface area contributed by atoms with Crippen LogP contribution in [0, 0.1) is 6.92 Å². The summed E-state index contributed by atoms with van der Waals surface area (Å²) in [5.74, 6) is -0.222. The van der Waals surface area contributed by atoms with Gasteiger partial charge in [0.05, 0.1) is 24.6 Å². The number of hydrogen-bond donors (Lipinski definition) is 1. The molecule has 1 amide bonds. The number of methoxy groups -OCH3 is 1. The van der Waals surface area contributed by atoms with Gasteiger partial charge in [-0.3, -0.25) is 15.0 Å². The van der Waals surface area contributed by atoms with E-state index in [-0.39, 0.29) is 10.9 Å². The molecule has 0 saturated heterocycles. The molecule has 8 nitrogen and oxygen atoms in total. The normalized spacial score (nSPS) is 10.9. The summed E-state index contributed by atoms with van der Waals surface area (Å²) in [5.41, 5.74) is 4.53. The number of rotatable bonds is 4. The fourth-order valence-electron chi connectivity index (χ4n) is 2.89. The molecule has 4 aromatic rings. The SMILES string of the molecule is COc1ccc(Cl)cc1C(=O)Nn1cnc2c(cnn2-c2ccc(C)cc2)c1=O. The number of hydrogen-bond acceptors (Lipinski definition) is 5. The van der Waals surface area contributed by atoms with Gasteiger partial charge in [0.15, 0.2) is 5.65 Å². The molecular formula is C20H16ClN5O3. The first-order valence-electron chi connectivity index (χ1n) is 8.65. The van der Waals surface area contributed by atoms with E-state index in [9.17, 15) is 9.59 Å². The second-order valence-corrected chi connectivity index (χ2v) is 6.77. The molecule has 0 aliphatic carbocycles. The van der Waals surface area contributed by atoms with Crippen LogP contribution in [0.3, 0.4) is 0 Å². The molecule has 0 fully saturated rings. The van der Waals surface area contributed by atoms with E-state index in [0.29, 0.717) is 16.4 Å². The Morgan fingerprint density at radius 3 is 2.66 bits per heavy atom. The van der Waals surface area contributed by atoms with Gasteiger partial charge in [-0.25, -0.2) is 14.3 Å². The molecule has 0 aliphatic rings. The van der Waals surface area contributed by atoms with Crippen LogP contribution in [0.2, 0.25) is 5.02 Å². The molecule has 0 bridgehead atoms. The Bertz CT molecular complexity index is 1280. The Morgan fingerprint density at radius 2 is 1.93 bits per heavy atom. The van der Waals surface area contributed by atoms with Gasteiger partial charge in [0.1, 0.15) is 17.5 Å². The number of halogens is 1. The van der Waals surface area contributed by atoms with E-state index >= 15 is 0 Å². The maximum absolute atomic E-state index is 12.8. The molecule has 0 radical (unpaired) electrons. The molecule has 2 heterocycles. The van der Waals surface area contributed by atoms with Crippen molar-refractivity contribution in [3.63, 3.8) is 0 Å². The molecule has 0 saturated carbocycles. The average molecular weight is 410 g/mol. The lowest BCUT2D eigenvalue weighted by Crippen LogP contribution is -2.33. The van der Waals surface area contributed by atoms with Crippen molar-refractivity contribution in [2.24, 2.45) is 0 Å². The van der Waals surface area contributed by atoms with Gasteiger partial charge in [0.25, 0.3) is 11.5 Å². The minimum atomic E-state index is -0.557. The van der Waals surface area contributed by atoms with Gasteiger partial charge in [0.2, 0.25) is 0 Å². The number of aryl methyl sites for hydroxylation is 1. The fraction of sp³-hybridized carbons (Fsp3) is 0.100. The lowest BCUT2D eigenvalue weighted by Gasteiger charge is -2.11. The van der Waals surface area contributed by atoms with Crippen molar-refractivity contribution in [3.8, 4) is 11.4 Å². The van der Waals surface area contributed by atoms with Crippen molar-refractivity contribution < 1.29 is 9.53 Å². The third-order valence-electron chi connectivity index (χ3n) is 4.40. The van der Waals surface area contributed by atoms with Gasteiger partial charge < -0.3 is 4.74 Å². The molecule has 9 heteroatoms. The molecule has 0 atom stereocenters. The van der Waals surface area contributed by atoms with Gasteiger partial charge >= 0.3 is 0 Å². The number of nitrogens with one attached hydrogen (secondary N) is 1. The van der Waals surface area contributed by atoms with E-state index in [0.717, 1.165) is 15.9 Å². The Morgan fingerprint density at radius 1 is 1.17 bits per heavy atom. The minimum absolute atomic E-state index is 0.197. The van der Waals surface area contributed by atoms with Crippen LogP contribution < -0.4 is 15.7 Å². The topological polar surface area (TPSA) is 91.0 Å². The summed E-state index contributed by atoms with van der Waals surface area (Å²) in [7, 11) is 1.44. The maximum atomic E-state index is 12.8. The molecular weight excluding hydrogens is 394 g/mol. The first kappa shape index (κ1) is 18.7. The Labute approximate surface area is 170 Å². The van der Waals surface area contributed by atoms with Crippen molar-refractivity contribution in [2.75, 3.05) is 12.5 Å². The number of amides is 1.